The van der Waals surface area contributed by atoms with E-state index in [1.165, 1.54) is 4.90 Å². The summed E-state index contributed by atoms with van der Waals surface area (Å²) in [5.74, 6) is -0.931. The Morgan fingerprint density at radius 3 is 2.29 bits per heavy atom. The predicted octanol–water partition coefficient (Wildman–Crippen LogP) is -0.439. The van der Waals surface area contributed by atoms with Crippen LogP contribution in [0.3, 0.4) is 0 Å². The fraction of sp³-hybridized carbons (Fsp3) is 0.429. The Balaban J connectivity index is 1.94. The number of hydrogen-bond donors (Lipinski definition) is 4. The normalized spacial score (nSPS) is 21.3. The fourth-order valence-corrected chi connectivity index (χ4v) is 2.28. The van der Waals surface area contributed by atoms with E-state index >= 15 is 0 Å². The van der Waals surface area contributed by atoms with Crippen molar-refractivity contribution < 1.29 is 24.9 Å². The number of aliphatic hydroxyl groups is 2. The number of carbonyl (C=O) groups is 2. The number of urea groups is 1. The first-order valence-corrected chi connectivity index (χ1v) is 6.65. The van der Waals surface area contributed by atoms with Crippen molar-refractivity contribution in [1.82, 2.24) is 10.2 Å². The minimum Gasteiger partial charge on any atom is -0.481 e. The first kappa shape index (κ1) is 15.3. The second kappa shape index (κ2) is 6.55. The van der Waals surface area contributed by atoms with E-state index in [9.17, 15) is 19.8 Å². The molecule has 0 bridgehead atoms. The van der Waals surface area contributed by atoms with E-state index in [1.54, 1.807) is 24.3 Å². The first-order valence-electron chi connectivity index (χ1n) is 6.65. The molecule has 2 amide bonds. The molecule has 7 nitrogen and oxygen atoms in total. The lowest BCUT2D eigenvalue weighted by Gasteiger charge is -2.17. The molecule has 1 aliphatic heterocycles. The third-order valence-electron chi connectivity index (χ3n) is 3.44. The van der Waals surface area contributed by atoms with Crippen LogP contribution in [-0.2, 0) is 17.8 Å². The molecule has 21 heavy (non-hydrogen) atoms. The van der Waals surface area contributed by atoms with Crippen LogP contribution in [-0.4, -0.2) is 57.5 Å². The zero-order valence-electron chi connectivity index (χ0n) is 11.4. The van der Waals surface area contributed by atoms with Crippen LogP contribution in [0.15, 0.2) is 24.3 Å². The lowest BCUT2D eigenvalue weighted by Crippen LogP contribution is -2.39. The molecule has 1 aliphatic rings. The van der Waals surface area contributed by atoms with Gasteiger partial charge in [0, 0.05) is 6.54 Å². The summed E-state index contributed by atoms with van der Waals surface area (Å²) in [5, 5.41) is 30.3. The molecular weight excluding hydrogens is 276 g/mol. The summed E-state index contributed by atoms with van der Waals surface area (Å²) in [5.41, 5.74) is 1.38. The third-order valence-corrected chi connectivity index (χ3v) is 3.44. The Bertz CT molecular complexity index is 524. The zero-order valence-corrected chi connectivity index (χ0v) is 11.4. The lowest BCUT2D eigenvalue weighted by molar-refractivity contribution is -0.136. The number of benzene rings is 1. The van der Waals surface area contributed by atoms with Crippen molar-refractivity contribution in [1.29, 1.82) is 0 Å². The largest absolute Gasteiger partial charge is 0.481 e. The standard InChI is InChI=1S/C14H18N2O5/c17-11-7-16(8-12(11)18)14(21)15-6-10-4-2-1-3-9(10)5-13(19)20/h1-4,11-12,17-18H,5-8H2,(H,15,21)(H,19,20). The average Bonchev–Trinajstić information content (AvgIpc) is 2.77. The molecule has 114 valence electrons. The van der Waals surface area contributed by atoms with Crippen LogP contribution < -0.4 is 5.32 Å². The number of aliphatic hydroxyl groups excluding tert-OH is 2. The summed E-state index contributed by atoms with van der Waals surface area (Å²) in [6.45, 7) is 0.374. The van der Waals surface area contributed by atoms with Crippen LogP contribution in [0.25, 0.3) is 0 Å². The van der Waals surface area contributed by atoms with Gasteiger partial charge in [0.05, 0.1) is 31.7 Å². The second-order valence-electron chi connectivity index (χ2n) is 5.04. The minimum atomic E-state index is -0.931. The molecule has 0 radical (unpaired) electrons. The summed E-state index contributed by atoms with van der Waals surface area (Å²) >= 11 is 0. The number of nitrogens with one attached hydrogen (secondary N) is 1. The highest BCUT2D eigenvalue weighted by molar-refractivity contribution is 5.75. The van der Waals surface area contributed by atoms with Gasteiger partial charge >= 0.3 is 12.0 Å². The lowest BCUT2D eigenvalue weighted by atomic mass is 10.0. The smallest absolute Gasteiger partial charge is 0.317 e. The first-order chi connectivity index (χ1) is 9.97. The number of carbonyl (C=O) groups excluding carboxylic acids is 1. The van der Waals surface area contributed by atoms with Crippen LogP contribution in [0, 0.1) is 0 Å². The Morgan fingerprint density at radius 2 is 1.71 bits per heavy atom. The van der Waals surface area contributed by atoms with Gasteiger partial charge in [-0.2, -0.15) is 0 Å². The van der Waals surface area contributed by atoms with Crippen molar-refractivity contribution in [2.24, 2.45) is 0 Å². The Morgan fingerprint density at radius 1 is 1.14 bits per heavy atom. The monoisotopic (exact) mass is 294 g/mol. The van der Waals surface area contributed by atoms with Gasteiger partial charge in [0.1, 0.15) is 0 Å². The number of rotatable bonds is 4. The van der Waals surface area contributed by atoms with Crippen LogP contribution in [0.1, 0.15) is 11.1 Å². The Labute approximate surface area is 121 Å². The molecule has 2 atom stereocenters. The molecule has 0 aliphatic carbocycles. The summed E-state index contributed by atoms with van der Waals surface area (Å²) in [7, 11) is 0. The van der Waals surface area contributed by atoms with Gasteiger partial charge in [0.2, 0.25) is 0 Å². The summed E-state index contributed by atoms with van der Waals surface area (Å²) < 4.78 is 0. The van der Waals surface area contributed by atoms with Crippen molar-refractivity contribution >= 4 is 12.0 Å². The molecule has 2 rings (SSSR count). The second-order valence-corrected chi connectivity index (χ2v) is 5.04. The molecular formula is C14H18N2O5. The summed E-state index contributed by atoms with van der Waals surface area (Å²) in [4.78, 5) is 24.0. The molecule has 7 heteroatoms. The Kier molecular flexibility index (Phi) is 4.77. The maximum absolute atomic E-state index is 11.9. The van der Waals surface area contributed by atoms with E-state index in [4.69, 9.17) is 5.11 Å². The molecule has 1 aromatic rings. The van der Waals surface area contributed by atoms with Gasteiger partial charge in [-0.3, -0.25) is 4.79 Å². The molecule has 1 fully saturated rings. The van der Waals surface area contributed by atoms with Crippen molar-refractivity contribution in [3.63, 3.8) is 0 Å². The molecule has 1 aromatic carbocycles. The van der Waals surface area contributed by atoms with Crippen molar-refractivity contribution in [3.8, 4) is 0 Å². The SMILES string of the molecule is O=C(O)Cc1ccccc1CNC(=O)N1CC(O)C(O)C1. The number of β-amino-alcohol motifs (C(OH)–C–C–N with tert-alkyl or cyclic N) is 2. The topological polar surface area (TPSA) is 110 Å². The number of carboxylic acids is 1. The molecule has 0 spiro atoms. The van der Waals surface area contributed by atoms with E-state index in [-0.39, 0.29) is 26.1 Å². The summed E-state index contributed by atoms with van der Waals surface area (Å²) in [6.07, 6.45) is -1.95. The van der Waals surface area contributed by atoms with Gasteiger partial charge in [0.25, 0.3) is 0 Å². The maximum Gasteiger partial charge on any atom is 0.317 e. The molecule has 1 heterocycles. The molecule has 2 unspecified atom stereocenters. The number of nitrogens with zero attached hydrogens (tertiary/aromatic N) is 1. The summed E-state index contributed by atoms with van der Waals surface area (Å²) in [6, 6.07) is 6.59. The number of hydrogen-bond acceptors (Lipinski definition) is 4. The average molecular weight is 294 g/mol. The van der Waals surface area contributed by atoms with Gasteiger partial charge in [-0.25, -0.2) is 4.79 Å². The van der Waals surface area contributed by atoms with Crippen LogP contribution in [0.2, 0.25) is 0 Å². The van der Waals surface area contributed by atoms with Crippen molar-refractivity contribution in [3.05, 3.63) is 35.4 Å². The van der Waals surface area contributed by atoms with Crippen LogP contribution in [0.5, 0.6) is 0 Å². The van der Waals surface area contributed by atoms with E-state index in [0.29, 0.717) is 5.56 Å². The minimum absolute atomic E-state index is 0.0871. The van der Waals surface area contributed by atoms with Gasteiger partial charge in [-0.05, 0) is 11.1 Å². The maximum atomic E-state index is 11.9. The van der Waals surface area contributed by atoms with Crippen LogP contribution in [0.4, 0.5) is 4.79 Å². The number of aliphatic carboxylic acids is 1. The highest BCUT2D eigenvalue weighted by Crippen LogP contribution is 2.12. The third kappa shape index (κ3) is 3.93. The van der Waals surface area contributed by atoms with Gasteiger partial charge < -0.3 is 25.5 Å². The molecule has 0 aromatic heterocycles. The number of likely N-dealkylation sites (tertiary alicyclic amines) is 1. The van der Waals surface area contributed by atoms with Crippen molar-refractivity contribution in [2.45, 2.75) is 25.2 Å². The van der Waals surface area contributed by atoms with Gasteiger partial charge in [-0.1, -0.05) is 24.3 Å². The molecule has 0 saturated carbocycles. The van der Waals surface area contributed by atoms with Gasteiger partial charge in [0.15, 0.2) is 0 Å². The zero-order chi connectivity index (χ0) is 15.4. The molecule has 4 N–H and O–H groups in total. The quantitative estimate of drug-likeness (QED) is 0.602. The fourth-order valence-electron chi connectivity index (χ4n) is 2.28. The highest BCUT2D eigenvalue weighted by Gasteiger charge is 2.32. The highest BCUT2D eigenvalue weighted by atomic mass is 16.4. The van der Waals surface area contributed by atoms with E-state index in [1.807, 2.05) is 0 Å². The number of amides is 2. The van der Waals surface area contributed by atoms with Gasteiger partial charge in [-0.15, -0.1) is 0 Å². The van der Waals surface area contributed by atoms with E-state index in [0.717, 1.165) is 5.56 Å². The number of carboxylic acid groups (broad SMARTS) is 1. The van der Waals surface area contributed by atoms with E-state index in [2.05, 4.69) is 5.32 Å². The molecule has 1 saturated heterocycles. The Hall–Kier alpha value is -2.12. The van der Waals surface area contributed by atoms with E-state index < -0.39 is 24.2 Å². The van der Waals surface area contributed by atoms with Crippen LogP contribution >= 0.6 is 0 Å². The van der Waals surface area contributed by atoms with Crippen molar-refractivity contribution in [2.75, 3.05) is 13.1 Å². The predicted molar refractivity (Wildman–Crippen MR) is 73.6 cm³/mol.